The van der Waals surface area contributed by atoms with Gasteiger partial charge >= 0.3 is 0 Å². The molecule has 7 nitrogen and oxygen atoms in total. The van der Waals surface area contributed by atoms with E-state index in [2.05, 4.69) is 0 Å². The van der Waals surface area contributed by atoms with Crippen LogP contribution in [0.3, 0.4) is 0 Å². The number of ether oxygens (including phenoxy) is 2. The van der Waals surface area contributed by atoms with Crippen molar-refractivity contribution in [1.29, 1.82) is 0 Å². The number of allylic oxidation sites excluding steroid dienone is 1. The second kappa shape index (κ2) is 8.53. The standard InChI is InChI=1S/C21H22O7/c1-12-18(24)19(25)20(26)21(27-12)28-14-8-9-15(17(23)11-14)16(22)10-7-13-5-3-2-4-6-13/h2-12,18-21,23-26H,1H3/b10-7+/t12-,18-,19+,20+,21-/m0/s1. The summed E-state index contributed by atoms with van der Waals surface area (Å²) in [5.74, 6) is -0.533. The lowest BCUT2D eigenvalue weighted by atomic mass is 10.00. The van der Waals surface area contributed by atoms with E-state index < -0.39 is 30.7 Å². The van der Waals surface area contributed by atoms with Crippen molar-refractivity contribution in [3.05, 3.63) is 65.7 Å². The van der Waals surface area contributed by atoms with Crippen LogP contribution in [0.2, 0.25) is 0 Å². The fourth-order valence-electron chi connectivity index (χ4n) is 2.86. The predicted octanol–water partition coefficient (Wildman–Crippen LogP) is 1.49. The minimum Gasteiger partial charge on any atom is -0.507 e. The lowest BCUT2D eigenvalue weighted by molar-refractivity contribution is -0.268. The van der Waals surface area contributed by atoms with Gasteiger partial charge in [-0.1, -0.05) is 36.4 Å². The highest BCUT2D eigenvalue weighted by molar-refractivity contribution is 6.08. The Kier molecular flexibility index (Phi) is 6.11. The number of hydrogen-bond donors (Lipinski definition) is 4. The molecule has 0 amide bonds. The fourth-order valence-corrected chi connectivity index (χ4v) is 2.86. The van der Waals surface area contributed by atoms with Crippen molar-refractivity contribution in [3.8, 4) is 11.5 Å². The lowest BCUT2D eigenvalue weighted by Crippen LogP contribution is -2.58. The topological polar surface area (TPSA) is 116 Å². The molecule has 0 spiro atoms. The van der Waals surface area contributed by atoms with Gasteiger partial charge in [0.1, 0.15) is 29.8 Å². The molecule has 3 rings (SSSR count). The number of rotatable bonds is 5. The lowest BCUT2D eigenvalue weighted by Gasteiger charge is -2.38. The van der Waals surface area contributed by atoms with E-state index in [1.807, 2.05) is 30.3 Å². The fraction of sp³-hybridized carbons (Fsp3) is 0.286. The molecule has 2 aromatic rings. The first-order valence-electron chi connectivity index (χ1n) is 8.83. The maximum absolute atomic E-state index is 12.3. The summed E-state index contributed by atoms with van der Waals surface area (Å²) >= 11 is 0. The van der Waals surface area contributed by atoms with E-state index in [0.29, 0.717) is 0 Å². The number of phenols is 1. The first-order chi connectivity index (χ1) is 13.4. The van der Waals surface area contributed by atoms with Gasteiger partial charge < -0.3 is 29.9 Å². The van der Waals surface area contributed by atoms with Crippen molar-refractivity contribution in [2.45, 2.75) is 37.6 Å². The summed E-state index contributed by atoms with van der Waals surface area (Å²) < 4.78 is 10.8. The minimum absolute atomic E-state index is 0.0912. The summed E-state index contributed by atoms with van der Waals surface area (Å²) in [6.07, 6.45) is -3.10. The third-order valence-electron chi connectivity index (χ3n) is 4.52. The summed E-state index contributed by atoms with van der Waals surface area (Å²) in [7, 11) is 0. The zero-order valence-electron chi connectivity index (χ0n) is 15.2. The number of aliphatic hydroxyl groups excluding tert-OH is 3. The second-order valence-corrected chi connectivity index (χ2v) is 6.59. The first-order valence-corrected chi connectivity index (χ1v) is 8.83. The highest BCUT2D eigenvalue weighted by atomic mass is 16.7. The van der Waals surface area contributed by atoms with Gasteiger partial charge in [0.05, 0.1) is 11.7 Å². The summed E-state index contributed by atoms with van der Waals surface area (Å²) in [5, 5.41) is 39.7. The average Bonchev–Trinajstić information content (AvgIpc) is 2.69. The Labute approximate surface area is 162 Å². The maximum Gasteiger partial charge on any atom is 0.229 e. The molecule has 148 valence electrons. The van der Waals surface area contributed by atoms with Crippen molar-refractivity contribution in [3.63, 3.8) is 0 Å². The van der Waals surface area contributed by atoms with Crippen LogP contribution in [0.25, 0.3) is 6.08 Å². The van der Waals surface area contributed by atoms with Crippen LogP contribution in [0.5, 0.6) is 11.5 Å². The number of aliphatic hydroxyl groups is 3. The van der Waals surface area contributed by atoms with E-state index in [1.54, 1.807) is 6.08 Å². The molecule has 5 atom stereocenters. The third kappa shape index (κ3) is 4.40. The van der Waals surface area contributed by atoms with Gasteiger partial charge in [-0.05, 0) is 30.7 Å². The molecule has 0 bridgehead atoms. The Morgan fingerprint density at radius 1 is 1.04 bits per heavy atom. The van der Waals surface area contributed by atoms with Gasteiger partial charge in [-0.2, -0.15) is 0 Å². The average molecular weight is 386 g/mol. The van der Waals surface area contributed by atoms with Crippen molar-refractivity contribution < 1.29 is 34.7 Å². The quantitative estimate of drug-likeness (QED) is 0.454. The smallest absolute Gasteiger partial charge is 0.229 e. The van der Waals surface area contributed by atoms with Gasteiger partial charge in [0.25, 0.3) is 0 Å². The SMILES string of the molecule is C[C@@H]1O[C@@H](Oc2ccc(C(=O)/C=C/c3ccccc3)c(O)c2)[C@H](O)[C@H](O)[C@H]1O. The van der Waals surface area contributed by atoms with Gasteiger partial charge in [-0.15, -0.1) is 0 Å². The van der Waals surface area contributed by atoms with Crippen LogP contribution in [0.1, 0.15) is 22.8 Å². The number of benzene rings is 2. The van der Waals surface area contributed by atoms with Gasteiger partial charge in [-0.3, -0.25) is 4.79 Å². The first kappa shape index (κ1) is 20.0. The molecule has 0 radical (unpaired) electrons. The van der Waals surface area contributed by atoms with Crippen LogP contribution in [0.4, 0.5) is 0 Å². The Hall–Kier alpha value is -2.71. The van der Waals surface area contributed by atoms with E-state index in [1.165, 1.54) is 31.2 Å². The molecule has 1 aliphatic heterocycles. The normalized spacial score (nSPS) is 27.6. The van der Waals surface area contributed by atoms with Crippen LogP contribution >= 0.6 is 0 Å². The summed E-state index contributed by atoms with van der Waals surface area (Å²) in [4.78, 5) is 12.3. The number of hydrogen-bond acceptors (Lipinski definition) is 7. The van der Waals surface area contributed by atoms with Gasteiger partial charge in [0.15, 0.2) is 5.78 Å². The summed E-state index contributed by atoms with van der Waals surface area (Å²) in [5.41, 5.74) is 0.946. The molecule has 0 saturated carbocycles. The zero-order valence-corrected chi connectivity index (χ0v) is 15.2. The predicted molar refractivity (Wildman–Crippen MR) is 101 cm³/mol. The molecular weight excluding hydrogens is 364 g/mol. The molecule has 1 aliphatic rings. The van der Waals surface area contributed by atoms with Crippen LogP contribution in [-0.2, 0) is 4.74 Å². The number of carbonyl (C=O) groups is 1. The van der Waals surface area contributed by atoms with Gasteiger partial charge in [0.2, 0.25) is 6.29 Å². The van der Waals surface area contributed by atoms with E-state index in [-0.39, 0.29) is 22.8 Å². The van der Waals surface area contributed by atoms with E-state index >= 15 is 0 Å². The highest BCUT2D eigenvalue weighted by Crippen LogP contribution is 2.28. The molecule has 7 heteroatoms. The number of ketones is 1. The molecule has 1 saturated heterocycles. The molecule has 1 fully saturated rings. The van der Waals surface area contributed by atoms with Crippen molar-refractivity contribution >= 4 is 11.9 Å². The molecule has 4 N–H and O–H groups in total. The Balaban J connectivity index is 1.70. The number of carbonyl (C=O) groups excluding carboxylic acids is 1. The molecule has 1 heterocycles. The van der Waals surface area contributed by atoms with Crippen molar-refractivity contribution in [2.75, 3.05) is 0 Å². The van der Waals surface area contributed by atoms with E-state index in [4.69, 9.17) is 9.47 Å². The second-order valence-electron chi connectivity index (χ2n) is 6.59. The Morgan fingerprint density at radius 2 is 1.75 bits per heavy atom. The van der Waals surface area contributed by atoms with Gasteiger partial charge in [0, 0.05) is 6.07 Å². The Morgan fingerprint density at radius 3 is 2.43 bits per heavy atom. The molecule has 2 aromatic carbocycles. The van der Waals surface area contributed by atoms with Crippen LogP contribution < -0.4 is 4.74 Å². The van der Waals surface area contributed by atoms with E-state index in [9.17, 15) is 25.2 Å². The number of phenolic OH excluding ortho intramolecular Hbond substituents is 1. The van der Waals surface area contributed by atoms with Gasteiger partial charge in [-0.25, -0.2) is 0 Å². The van der Waals surface area contributed by atoms with Crippen molar-refractivity contribution in [1.82, 2.24) is 0 Å². The maximum atomic E-state index is 12.3. The van der Waals surface area contributed by atoms with Crippen LogP contribution in [0, 0.1) is 0 Å². The molecule has 0 aromatic heterocycles. The van der Waals surface area contributed by atoms with Crippen LogP contribution in [0.15, 0.2) is 54.6 Å². The summed E-state index contributed by atoms with van der Waals surface area (Å²) in [6.45, 7) is 1.54. The zero-order chi connectivity index (χ0) is 20.3. The van der Waals surface area contributed by atoms with E-state index in [0.717, 1.165) is 5.56 Å². The Bertz CT molecular complexity index is 849. The van der Waals surface area contributed by atoms with Crippen LogP contribution in [-0.4, -0.2) is 56.9 Å². The molecule has 0 unspecified atom stereocenters. The summed E-state index contributed by atoms with van der Waals surface area (Å²) in [6, 6.07) is 13.3. The largest absolute Gasteiger partial charge is 0.507 e. The minimum atomic E-state index is -1.47. The highest BCUT2D eigenvalue weighted by Gasteiger charge is 2.43. The van der Waals surface area contributed by atoms with Crippen molar-refractivity contribution in [2.24, 2.45) is 0 Å². The molecular formula is C21H22O7. The monoisotopic (exact) mass is 386 g/mol. The molecule has 28 heavy (non-hydrogen) atoms. The molecule has 0 aliphatic carbocycles. The number of aromatic hydroxyl groups is 1. The third-order valence-corrected chi connectivity index (χ3v) is 4.52.